The molecule has 2 atom stereocenters. The first-order valence-electron chi connectivity index (χ1n) is 13.9. The van der Waals surface area contributed by atoms with Gasteiger partial charge in [0.25, 0.3) is 0 Å². The van der Waals surface area contributed by atoms with Crippen molar-refractivity contribution in [3.8, 4) is 0 Å². The Hall–Kier alpha value is -1.96. The molecule has 0 bridgehead atoms. The van der Waals surface area contributed by atoms with Crippen LogP contribution in [-0.2, 0) is 17.9 Å². The van der Waals surface area contributed by atoms with E-state index in [-0.39, 0.29) is 5.82 Å². The van der Waals surface area contributed by atoms with Crippen LogP contribution in [0.25, 0.3) is 0 Å². The highest BCUT2D eigenvalue weighted by Gasteiger charge is 2.33. The van der Waals surface area contributed by atoms with Gasteiger partial charge in [-0.25, -0.2) is 14.4 Å². The first-order valence-corrected chi connectivity index (χ1v) is 14.7. The zero-order chi connectivity index (χ0) is 24.6. The fourth-order valence-corrected chi connectivity index (χ4v) is 7.46. The van der Waals surface area contributed by atoms with E-state index in [1.54, 1.807) is 17.5 Å². The van der Waals surface area contributed by atoms with E-state index in [9.17, 15) is 0 Å². The number of benzene rings is 1. The van der Waals surface area contributed by atoms with Crippen LogP contribution >= 0.6 is 11.3 Å². The zero-order valence-electron chi connectivity index (χ0n) is 21.7. The van der Waals surface area contributed by atoms with Crippen molar-refractivity contribution in [3.63, 3.8) is 0 Å². The first-order chi connectivity index (χ1) is 17.5. The number of nitrogens with zero attached hydrogens (tertiary/aromatic N) is 4. The van der Waals surface area contributed by atoms with Crippen molar-refractivity contribution in [1.82, 2.24) is 4.90 Å². The van der Waals surface area contributed by atoms with Gasteiger partial charge in [-0.1, -0.05) is 13.8 Å². The largest absolute Gasteiger partial charge is 0.368 e. The van der Waals surface area contributed by atoms with Crippen molar-refractivity contribution < 1.29 is 9.23 Å². The Labute approximate surface area is 218 Å². The van der Waals surface area contributed by atoms with Crippen LogP contribution in [0.3, 0.4) is 0 Å². The number of hydrogen-bond acceptors (Lipinski definition) is 6. The second kappa shape index (κ2) is 10.4. The fraction of sp³-hybridized carbons (Fsp3) is 0.621. The third-order valence-corrected chi connectivity index (χ3v) is 9.79. The fourth-order valence-electron chi connectivity index (χ4n) is 6.43. The second-order valence-corrected chi connectivity index (χ2v) is 12.6. The lowest BCUT2D eigenvalue weighted by molar-refractivity contribution is 0.136. The van der Waals surface area contributed by atoms with Crippen LogP contribution in [0.4, 0.5) is 21.5 Å². The number of likely N-dealkylation sites (tertiary alicyclic amines) is 1. The topological polar surface area (TPSA) is 31.3 Å². The maximum absolute atomic E-state index is 15.2. The third kappa shape index (κ3) is 5.20. The summed E-state index contributed by atoms with van der Waals surface area (Å²) in [4.78, 5) is 18.1. The van der Waals surface area contributed by atoms with E-state index < -0.39 is 0 Å². The zero-order valence-corrected chi connectivity index (χ0v) is 22.5. The van der Waals surface area contributed by atoms with Gasteiger partial charge < -0.3 is 4.90 Å². The molecular weight excluding hydrogens is 471 g/mol. The molecule has 1 aromatic carbocycles. The molecule has 2 saturated heterocycles. The van der Waals surface area contributed by atoms with Crippen LogP contribution in [0.2, 0.25) is 0 Å². The summed E-state index contributed by atoms with van der Waals surface area (Å²) in [6.45, 7) is 9.41. The summed E-state index contributed by atoms with van der Waals surface area (Å²) in [5.41, 5.74) is 2.36. The van der Waals surface area contributed by atoms with E-state index in [1.807, 2.05) is 23.5 Å². The van der Waals surface area contributed by atoms with E-state index in [0.717, 1.165) is 54.2 Å². The minimum atomic E-state index is -0.191. The summed E-state index contributed by atoms with van der Waals surface area (Å²) in [5, 5.41) is 1.61. The average molecular weight is 511 g/mol. The lowest BCUT2D eigenvalue weighted by Gasteiger charge is -2.25. The average Bonchev–Trinajstić information content (AvgIpc) is 3.24. The summed E-state index contributed by atoms with van der Waals surface area (Å²) >= 11 is 1.81. The number of thiophene rings is 1. The minimum Gasteiger partial charge on any atom is -0.368 e. The molecule has 3 fully saturated rings. The maximum Gasteiger partial charge on any atom is 0.148 e. The molecule has 1 aromatic heterocycles. The van der Waals surface area contributed by atoms with E-state index in [0.29, 0.717) is 24.0 Å². The van der Waals surface area contributed by atoms with E-state index in [1.165, 1.54) is 50.1 Å². The highest BCUT2D eigenvalue weighted by atomic mass is 32.1. The molecule has 1 aliphatic carbocycles. The highest BCUT2D eigenvalue weighted by molar-refractivity contribution is 7.12. The Bertz CT molecular complexity index is 1090. The van der Waals surface area contributed by atoms with Gasteiger partial charge in [0.2, 0.25) is 0 Å². The van der Waals surface area contributed by atoms with Crippen LogP contribution < -0.4 is 9.96 Å². The number of hydroxylamine groups is 1. The Morgan fingerprint density at radius 3 is 2.69 bits per heavy atom. The number of fused-ring (bicyclic) bond motifs is 1. The smallest absolute Gasteiger partial charge is 0.148 e. The van der Waals surface area contributed by atoms with Crippen LogP contribution in [0, 0.1) is 23.6 Å². The molecule has 0 spiro atoms. The number of aliphatic imine (C=N–C) groups is 1. The monoisotopic (exact) mass is 510 g/mol. The molecule has 5 nitrogen and oxygen atoms in total. The van der Waals surface area contributed by atoms with Gasteiger partial charge in [0.15, 0.2) is 0 Å². The molecule has 1 saturated carbocycles. The number of hydrogen-bond donors (Lipinski definition) is 0. The molecule has 2 aromatic rings. The lowest BCUT2D eigenvalue weighted by Crippen LogP contribution is -2.35. The van der Waals surface area contributed by atoms with Crippen molar-refractivity contribution in [2.45, 2.75) is 71.4 Å². The molecule has 7 heteroatoms. The molecule has 6 rings (SSSR count). The van der Waals surface area contributed by atoms with Gasteiger partial charge >= 0.3 is 0 Å². The lowest BCUT2D eigenvalue weighted by atomic mass is 9.87. The quantitative estimate of drug-likeness (QED) is 0.391. The molecule has 2 unspecified atom stereocenters. The van der Waals surface area contributed by atoms with Crippen molar-refractivity contribution in [1.29, 1.82) is 0 Å². The van der Waals surface area contributed by atoms with Crippen molar-refractivity contribution in [2.75, 3.05) is 36.1 Å². The summed E-state index contributed by atoms with van der Waals surface area (Å²) in [7, 11) is 0. The molecule has 36 heavy (non-hydrogen) atoms. The molecule has 0 amide bonds. The number of halogens is 1. The van der Waals surface area contributed by atoms with Crippen LogP contribution in [0.1, 0.15) is 62.1 Å². The maximum atomic E-state index is 15.2. The van der Waals surface area contributed by atoms with Gasteiger partial charge in [-0.15, -0.1) is 11.3 Å². The molecule has 4 heterocycles. The summed E-state index contributed by atoms with van der Waals surface area (Å²) in [5.74, 6) is 2.35. The van der Waals surface area contributed by atoms with Gasteiger partial charge in [-0.3, -0.25) is 9.74 Å². The molecule has 0 N–H and O–H groups in total. The molecule has 4 aliphatic rings. The predicted molar refractivity (Wildman–Crippen MR) is 147 cm³/mol. The Morgan fingerprint density at radius 1 is 1.11 bits per heavy atom. The molecular formula is C29H39FN4OS. The van der Waals surface area contributed by atoms with Crippen LogP contribution in [0.5, 0.6) is 0 Å². The summed E-state index contributed by atoms with van der Waals surface area (Å²) in [6, 6.07) is 8.21. The van der Waals surface area contributed by atoms with E-state index in [2.05, 4.69) is 29.7 Å². The molecule has 194 valence electrons. The van der Waals surface area contributed by atoms with Crippen LogP contribution in [0.15, 0.2) is 29.3 Å². The summed E-state index contributed by atoms with van der Waals surface area (Å²) < 4.78 is 15.2. The highest BCUT2D eigenvalue weighted by Crippen LogP contribution is 2.43. The van der Waals surface area contributed by atoms with Crippen molar-refractivity contribution in [2.24, 2.45) is 22.7 Å². The molecule has 3 aliphatic heterocycles. The van der Waals surface area contributed by atoms with Gasteiger partial charge in [0.05, 0.1) is 21.9 Å². The van der Waals surface area contributed by atoms with Gasteiger partial charge in [0.1, 0.15) is 18.8 Å². The van der Waals surface area contributed by atoms with Crippen molar-refractivity contribution in [3.05, 3.63) is 39.8 Å². The predicted octanol–water partition coefficient (Wildman–Crippen LogP) is 6.79. The Balaban J connectivity index is 1.08. The normalized spacial score (nSPS) is 23.5. The standard InChI is InChI=1S/C29H39FN4OS/c1-20(2)25(21-5-6-21)9-8-24-16-27-29(36-24)18-35-34(19-31-27)22-7-10-28(26(30)15-22)33-14-11-23(17-33)32-12-3-4-13-32/h7,10,15-16,19-21,23,25H,3-6,8-9,11-14,17-18H2,1-2H3. The van der Waals surface area contributed by atoms with Gasteiger partial charge in [0, 0.05) is 30.1 Å². The Morgan fingerprint density at radius 2 is 1.94 bits per heavy atom. The Kier molecular flexibility index (Phi) is 7.06. The SMILES string of the molecule is CC(C)C(CCc1cc2c(s1)CON(c1ccc(N3CCC(N4CCCC4)C3)c(F)c1)C=N2)C1CC1. The molecule has 0 radical (unpaired) electrons. The van der Waals surface area contributed by atoms with Crippen molar-refractivity contribution >= 4 is 34.7 Å². The first kappa shape index (κ1) is 24.4. The summed E-state index contributed by atoms with van der Waals surface area (Å²) in [6.07, 6.45) is 10.6. The third-order valence-electron chi connectivity index (χ3n) is 8.63. The number of anilines is 2. The number of rotatable bonds is 8. The second-order valence-electron chi connectivity index (χ2n) is 11.4. The van der Waals surface area contributed by atoms with Crippen LogP contribution in [-0.4, -0.2) is 43.5 Å². The van der Waals surface area contributed by atoms with Gasteiger partial charge in [-0.05, 0) is 94.0 Å². The number of aryl methyl sites for hydroxylation is 1. The van der Waals surface area contributed by atoms with Gasteiger partial charge in [-0.2, -0.15) is 0 Å². The van der Waals surface area contributed by atoms with E-state index in [4.69, 9.17) is 9.83 Å². The van der Waals surface area contributed by atoms with E-state index >= 15 is 4.39 Å². The minimum absolute atomic E-state index is 0.191.